The van der Waals surface area contributed by atoms with E-state index in [4.69, 9.17) is 15.2 Å². The lowest BCUT2D eigenvalue weighted by atomic mass is 10.0. The van der Waals surface area contributed by atoms with Crippen LogP contribution in [0.15, 0.2) is 54.6 Å². The Bertz CT molecular complexity index is 585. The molecule has 0 radical (unpaired) electrons. The van der Waals surface area contributed by atoms with Gasteiger partial charge in [0, 0.05) is 12.1 Å². The highest BCUT2D eigenvalue weighted by Gasteiger charge is 2.19. The minimum Gasteiger partial charge on any atom is -0.490 e. The average molecular weight is 328 g/mol. The van der Waals surface area contributed by atoms with Crippen LogP contribution >= 0.6 is 0 Å². The molecule has 1 atom stereocenters. The lowest BCUT2D eigenvalue weighted by Gasteiger charge is -2.30. The highest BCUT2D eigenvalue weighted by atomic mass is 16.5. The molecule has 0 fully saturated rings. The second-order valence-corrected chi connectivity index (χ2v) is 5.52. The lowest BCUT2D eigenvalue weighted by molar-refractivity contribution is 0.198. The summed E-state index contributed by atoms with van der Waals surface area (Å²) in [6.07, 6.45) is 0. The summed E-state index contributed by atoms with van der Waals surface area (Å²) in [5.41, 5.74) is 7.18. The first-order valence-corrected chi connectivity index (χ1v) is 8.63. The number of hydrogen-bond donors (Lipinski definition) is 1. The average Bonchev–Trinajstić information content (AvgIpc) is 2.64. The van der Waals surface area contributed by atoms with Gasteiger partial charge in [0.2, 0.25) is 0 Å². The van der Waals surface area contributed by atoms with Gasteiger partial charge in [-0.2, -0.15) is 0 Å². The topological polar surface area (TPSA) is 47.7 Å². The Morgan fingerprint density at radius 2 is 1.50 bits per heavy atom. The van der Waals surface area contributed by atoms with Gasteiger partial charge in [-0.3, -0.25) is 4.90 Å². The third-order valence-electron chi connectivity index (χ3n) is 4.11. The molecule has 4 heteroatoms. The summed E-state index contributed by atoms with van der Waals surface area (Å²) < 4.78 is 11.7. The molecule has 4 nitrogen and oxygen atoms in total. The summed E-state index contributed by atoms with van der Waals surface area (Å²) in [7, 11) is 0. The van der Waals surface area contributed by atoms with E-state index in [-0.39, 0.29) is 6.04 Å². The monoisotopic (exact) mass is 328 g/mol. The number of nitrogens with zero attached hydrogens (tertiary/aromatic N) is 1. The first kappa shape index (κ1) is 18.3. The van der Waals surface area contributed by atoms with Crippen molar-refractivity contribution in [3.63, 3.8) is 0 Å². The minimum atomic E-state index is 0.172. The fourth-order valence-corrected chi connectivity index (χ4v) is 2.85. The van der Waals surface area contributed by atoms with E-state index >= 15 is 0 Å². The van der Waals surface area contributed by atoms with Gasteiger partial charge in [-0.15, -0.1) is 0 Å². The molecular formula is C20H28N2O2. The molecule has 0 amide bonds. The van der Waals surface area contributed by atoms with Crippen LogP contribution in [0.5, 0.6) is 11.5 Å². The Morgan fingerprint density at radius 3 is 2.17 bits per heavy atom. The van der Waals surface area contributed by atoms with Crippen LogP contribution in [0, 0.1) is 0 Å². The van der Waals surface area contributed by atoms with Gasteiger partial charge in [0.1, 0.15) is 24.7 Å². The third kappa shape index (κ3) is 4.98. The summed E-state index contributed by atoms with van der Waals surface area (Å²) in [5.74, 6) is 1.74. The quantitative estimate of drug-likeness (QED) is 0.678. The highest BCUT2D eigenvalue weighted by molar-refractivity contribution is 5.36. The molecule has 0 saturated heterocycles. The lowest BCUT2D eigenvalue weighted by Crippen LogP contribution is -2.33. The zero-order valence-electron chi connectivity index (χ0n) is 14.7. The Kier molecular flexibility index (Phi) is 7.59. The minimum absolute atomic E-state index is 0.172. The number of benzene rings is 2. The van der Waals surface area contributed by atoms with E-state index in [1.807, 2.05) is 48.5 Å². The van der Waals surface area contributed by atoms with E-state index < -0.39 is 0 Å². The van der Waals surface area contributed by atoms with Crippen LogP contribution in [0.4, 0.5) is 0 Å². The van der Waals surface area contributed by atoms with Crippen molar-refractivity contribution >= 4 is 0 Å². The van der Waals surface area contributed by atoms with Gasteiger partial charge in [0.15, 0.2) is 0 Å². The Hall–Kier alpha value is -2.04. The predicted octanol–water partition coefficient (Wildman–Crippen LogP) is 3.49. The van der Waals surface area contributed by atoms with E-state index in [2.05, 4.69) is 24.8 Å². The summed E-state index contributed by atoms with van der Waals surface area (Å²) in [5, 5.41) is 0. The predicted molar refractivity (Wildman–Crippen MR) is 98.6 cm³/mol. The summed E-state index contributed by atoms with van der Waals surface area (Å²) >= 11 is 0. The molecule has 24 heavy (non-hydrogen) atoms. The molecule has 0 aliphatic heterocycles. The van der Waals surface area contributed by atoms with Crippen LogP contribution in [-0.2, 0) is 0 Å². The number of hydrogen-bond acceptors (Lipinski definition) is 4. The second kappa shape index (κ2) is 9.96. The first-order valence-electron chi connectivity index (χ1n) is 8.63. The van der Waals surface area contributed by atoms with E-state index in [0.717, 1.165) is 30.2 Å². The third-order valence-corrected chi connectivity index (χ3v) is 4.11. The molecule has 2 rings (SSSR count). The molecule has 0 aliphatic rings. The SMILES string of the molecule is CCN(CC)C(CN)c1ccccc1OCCOc1ccccc1. The Morgan fingerprint density at radius 1 is 0.875 bits per heavy atom. The van der Waals surface area contributed by atoms with Crippen molar-refractivity contribution in [1.82, 2.24) is 4.90 Å². The summed E-state index contributed by atoms with van der Waals surface area (Å²) in [4.78, 5) is 2.35. The standard InChI is InChI=1S/C20H28N2O2/c1-3-22(4-2)19(16-21)18-12-8-9-13-20(18)24-15-14-23-17-10-6-5-7-11-17/h5-13,19H,3-4,14-16,21H2,1-2H3. The maximum atomic E-state index is 6.03. The van der Waals surface area contributed by atoms with Crippen molar-refractivity contribution in [2.24, 2.45) is 5.73 Å². The largest absolute Gasteiger partial charge is 0.490 e. The van der Waals surface area contributed by atoms with Crippen molar-refractivity contribution in [2.75, 3.05) is 32.8 Å². The van der Waals surface area contributed by atoms with Gasteiger partial charge in [0.05, 0.1) is 6.04 Å². The number of nitrogens with two attached hydrogens (primary N) is 1. The van der Waals surface area contributed by atoms with E-state index in [1.165, 1.54) is 0 Å². The van der Waals surface area contributed by atoms with Crippen molar-refractivity contribution in [2.45, 2.75) is 19.9 Å². The normalized spacial score (nSPS) is 12.2. The Labute approximate surface area is 145 Å². The molecule has 2 aromatic carbocycles. The van der Waals surface area contributed by atoms with Crippen molar-refractivity contribution < 1.29 is 9.47 Å². The second-order valence-electron chi connectivity index (χ2n) is 5.52. The van der Waals surface area contributed by atoms with Crippen molar-refractivity contribution in [3.8, 4) is 11.5 Å². The van der Waals surface area contributed by atoms with Crippen molar-refractivity contribution in [1.29, 1.82) is 0 Å². The summed E-state index contributed by atoms with van der Waals surface area (Å²) in [6, 6.07) is 18.1. The van der Waals surface area contributed by atoms with Gasteiger partial charge in [-0.05, 0) is 31.3 Å². The zero-order chi connectivity index (χ0) is 17.2. The maximum absolute atomic E-state index is 6.03. The Balaban J connectivity index is 1.97. The fraction of sp³-hybridized carbons (Fsp3) is 0.400. The van der Waals surface area contributed by atoms with Gasteiger partial charge >= 0.3 is 0 Å². The van der Waals surface area contributed by atoms with E-state index in [1.54, 1.807) is 0 Å². The smallest absolute Gasteiger partial charge is 0.124 e. The van der Waals surface area contributed by atoms with Crippen LogP contribution in [0.2, 0.25) is 0 Å². The maximum Gasteiger partial charge on any atom is 0.124 e. The number of likely N-dealkylation sites (N-methyl/N-ethyl adjacent to an activating group) is 1. The molecule has 0 bridgehead atoms. The van der Waals surface area contributed by atoms with Crippen LogP contribution in [0.3, 0.4) is 0 Å². The van der Waals surface area contributed by atoms with Gasteiger partial charge in [-0.25, -0.2) is 0 Å². The molecule has 130 valence electrons. The van der Waals surface area contributed by atoms with E-state index in [0.29, 0.717) is 19.8 Å². The molecule has 0 aromatic heterocycles. The molecule has 2 aromatic rings. The van der Waals surface area contributed by atoms with Crippen molar-refractivity contribution in [3.05, 3.63) is 60.2 Å². The number of ether oxygens (including phenoxy) is 2. The summed E-state index contributed by atoms with van der Waals surface area (Å²) in [6.45, 7) is 7.82. The zero-order valence-corrected chi connectivity index (χ0v) is 14.7. The molecular weight excluding hydrogens is 300 g/mol. The first-order chi connectivity index (χ1) is 11.8. The molecule has 0 heterocycles. The van der Waals surface area contributed by atoms with Crippen LogP contribution in [-0.4, -0.2) is 37.7 Å². The van der Waals surface area contributed by atoms with Crippen LogP contribution < -0.4 is 15.2 Å². The van der Waals surface area contributed by atoms with Crippen LogP contribution in [0.25, 0.3) is 0 Å². The molecule has 0 spiro atoms. The molecule has 0 saturated carbocycles. The number of rotatable bonds is 10. The van der Waals surface area contributed by atoms with Crippen LogP contribution in [0.1, 0.15) is 25.5 Å². The molecule has 1 unspecified atom stereocenters. The highest BCUT2D eigenvalue weighted by Crippen LogP contribution is 2.28. The molecule has 0 aliphatic carbocycles. The fourth-order valence-electron chi connectivity index (χ4n) is 2.85. The van der Waals surface area contributed by atoms with Gasteiger partial charge < -0.3 is 15.2 Å². The number of para-hydroxylation sites is 2. The van der Waals surface area contributed by atoms with Gasteiger partial charge in [-0.1, -0.05) is 50.2 Å². The van der Waals surface area contributed by atoms with Gasteiger partial charge in [0.25, 0.3) is 0 Å². The van der Waals surface area contributed by atoms with E-state index in [9.17, 15) is 0 Å². The molecule has 2 N–H and O–H groups in total.